The molecule has 0 saturated carbocycles. The van der Waals surface area contributed by atoms with E-state index in [-0.39, 0.29) is 24.2 Å². The van der Waals surface area contributed by atoms with Crippen molar-refractivity contribution in [2.45, 2.75) is 19.4 Å². The standard InChI is InChI=1S/C21H18FN3O2S/c1-13(20-23-9-10-28-20)25(2)21(26)15-7-8-17-18(11-15)27-19(24-17)12-14-5-3-4-6-16(14)22/h3-11,13H,12H2,1-2H3/t13-/m1/s1. The number of carbonyl (C=O) groups is 1. The van der Waals surface area contributed by atoms with Crippen LogP contribution in [0.25, 0.3) is 11.1 Å². The van der Waals surface area contributed by atoms with Gasteiger partial charge in [-0.2, -0.15) is 0 Å². The highest BCUT2D eigenvalue weighted by Crippen LogP contribution is 2.25. The molecule has 2 heterocycles. The van der Waals surface area contributed by atoms with Crippen LogP contribution in [0.2, 0.25) is 0 Å². The van der Waals surface area contributed by atoms with Crippen molar-refractivity contribution in [3.8, 4) is 0 Å². The van der Waals surface area contributed by atoms with Gasteiger partial charge in [-0.25, -0.2) is 14.4 Å². The maximum atomic E-state index is 13.9. The Morgan fingerprint density at radius 1 is 1.29 bits per heavy atom. The van der Waals surface area contributed by atoms with Crippen LogP contribution in [0.3, 0.4) is 0 Å². The summed E-state index contributed by atoms with van der Waals surface area (Å²) in [6.07, 6.45) is 1.98. The van der Waals surface area contributed by atoms with E-state index < -0.39 is 0 Å². The van der Waals surface area contributed by atoms with Crippen molar-refractivity contribution in [1.29, 1.82) is 0 Å². The summed E-state index contributed by atoms with van der Waals surface area (Å²) < 4.78 is 19.6. The Morgan fingerprint density at radius 3 is 2.86 bits per heavy atom. The van der Waals surface area contributed by atoms with E-state index in [0.717, 1.165) is 5.01 Å². The number of benzene rings is 2. The van der Waals surface area contributed by atoms with Crippen LogP contribution >= 0.6 is 11.3 Å². The van der Waals surface area contributed by atoms with Crippen molar-refractivity contribution >= 4 is 28.3 Å². The SMILES string of the molecule is C[C@H](c1nccs1)N(C)C(=O)c1ccc2nc(Cc3ccccc3F)oc2c1. The minimum Gasteiger partial charge on any atom is -0.440 e. The Bertz CT molecular complexity index is 1120. The van der Waals surface area contributed by atoms with Crippen molar-refractivity contribution in [3.63, 3.8) is 0 Å². The largest absolute Gasteiger partial charge is 0.440 e. The number of rotatable bonds is 5. The molecule has 4 aromatic rings. The Labute approximate surface area is 165 Å². The molecule has 0 radical (unpaired) electrons. The summed E-state index contributed by atoms with van der Waals surface area (Å²) in [7, 11) is 1.75. The molecule has 4 rings (SSSR count). The number of aromatic nitrogens is 2. The van der Waals surface area contributed by atoms with Crippen molar-refractivity contribution in [1.82, 2.24) is 14.9 Å². The van der Waals surface area contributed by atoms with Crippen molar-refractivity contribution in [2.75, 3.05) is 7.05 Å². The molecular weight excluding hydrogens is 377 g/mol. The lowest BCUT2D eigenvalue weighted by Gasteiger charge is -2.23. The Balaban J connectivity index is 1.57. The normalized spacial score (nSPS) is 12.2. The van der Waals surface area contributed by atoms with Gasteiger partial charge in [-0.3, -0.25) is 4.79 Å². The van der Waals surface area contributed by atoms with E-state index in [1.165, 1.54) is 17.4 Å². The molecule has 5 nitrogen and oxygen atoms in total. The van der Waals surface area contributed by atoms with Gasteiger partial charge >= 0.3 is 0 Å². The zero-order valence-corrected chi connectivity index (χ0v) is 16.2. The topological polar surface area (TPSA) is 59.2 Å². The summed E-state index contributed by atoms with van der Waals surface area (Å²) in [5.41, 5.74) is 2.17. The van der Waals surface area contributed by atoms with E-state index in [2.05, 4.69) is 9.97 Å². The third-order valence-electron chi connectivity index (χ3n) is 4.69. The molecule has 1 atom stereocenters. The van der Waals surface area contributed by atoms with E-state index in [9.17, 15) is 9.18 Å². The number of oxazole rings is 1. The summed E-state index contributed by atoms with van der Waals surface area (Å²) in [5.74, 6) is -0.00992. The zero-order chi connectivity index (χ0) is 19.7. The molecule has 0 aliphatic carbocycles. The maximum Gasteiger partial charge on any atom is 0.254 e. The first-order valence-corrected chi connectivity index (χ1v) is 9.70. The molecule has 0 N–H and O–H groups in total. The van der Waals surface area contributed by atoms with Crippen LogP contribution in [0, 0.1) is 5.82 Å². The van der Waals surface area contributed by atoms with Crippen LogP contribution < -0.4 is 0 Å². The summed E-state index contributed by atoms with van der Waals surface area (Å²) in [6.45, 7) is 1.94. The van der Waals surface area contributed by atoms with Gasteiger partial charge in [-0.15, -0.1) is 11.3 Å². The molecule has 1 amide bonds. The fourth-order valence-corrected chi connectivity index (χ4v) is 3.71. The second-order valence-electron chi connectivity index (χ2n) is 6.52. The van der Waals surface area contributed by atoms with E-state index in [1.807, 2.05) is 12.3 Å². The molecule has 0 fully saturated rings. The van der Waals surface area contributed by atoms with Gasteiger partial charge < -0.3 is 9.32 Å². The van der Waals surface area contributed by atoms with Gasteiger partial charge in [0.2, 0.25) is 0 Å². The zero-order valence-electron chi connectivity index (χ0n) is 15.4. The van der Waals surface area contributed by atoms with Crippen LogP contribution in [0.4, 0.5) is 4.39 Å². The van der Waals surface area contributed by atoms with Crippen LogP contribution in [-0.2, 0) is 6.42 Å². The lowest BCUT2D eigenvalue weighted by molar-refractivity contribution is 0.0742. The molecule has 2 aromatic carbocycles. The number of amides is 1. The van der Waals surface area contributed by atoms with E-state index >= 15 is 0 Å². The minimum absolute atomic E-state index is 0.128. The first kappa shape index (κ1) is 18.3. The average molecular weight is 395 g/mol. The van der Waals surface area contributed by atoms with Crippen molar-refractivity contribution in [3.05, 3.63) is 81.9 Å². The Kier molecular flexibility index (Phi) is 4.92. The van der Waals surface area contributed by atoms with Crippen molar-refractivity contribution < 1.29 is 13.6 Å². The minimum atomic E-state index is -0.293. The smallest absolute Gasteiger partial charge is 0.254 e. The lowest BCUT2D eigenvalue weighted by Crippen LogP contribution is -2.29. The number of hydrogen-bond donors (Lipinski definition) is 0. The molecule has 0 spiro atoms. The first-order valence-electron chi connectivity index (χ1n) is 8.82. The van der Waals surface area contributed by atoms with Crippen LogP contribution in [0.15, 0.2) is 58.5 Å². The maximum absolute atomic E-state index is 13.9. The molecule has 0 saturated heterocycles. The first-order chi connectivity index (χ1) is 13.5. The van der Waals surface area contributed by atoms with E-state index in [1.54, 1.807) is 54.5 Å². The Hall–Kier alpha value is -3.06. The van der Waals surface area contributed by atoms with Gasteiger partial charge in [0.05, 0.1) is 12.5 Å². The predicted molar refractivity (Wildman–Crippen MR) is 106 cm³/mol. The number of nitrogens with zero attached hydrogens (tertiary/aromatic N) is 3. The van der Waals surface area contributed by atoms with Gasteiger partial charge in [0, 0.05) is 24.2 Å². The second kappa shape index (κ2) is 7.52. The second-order valence-corrected chi connectivity index (χ2v) is 7.45. The molecule has 7 heteroatoms. The van der Waals surface area contributed by atoms with Gasteiger partial charge in [0.1, 0.15) is 16.3 Å². The fraction of sp³-hybridized carbons (Fsp3) is 0.190. The highest BCUT2D eigenvalue weighted by atomic mass is 32.1. The van der Waals surface area contributed by atoms with Crippen LogP contribution in [0.5, 0.6) is 0 Å². The molecule has 0 bridgehead atoms. The molecule has 142 valence electrons. The number of halogens is 1. The highest BCUT2D eigenvalue weighted by molar-refractivity contribution is 7.09. The van der Waals surface area contributed by atoms with Gasteiger partial charge in [-0.05, 0) is 36.8 Å². The molecule has 0 aliphatic heterocycles. The monoisotopic (exact) mass is 395 g/mol. The van der Waals surface area contributed by atoms with Gasteiger partial charge in [0.25, 0.3) is 5.91 Å². The number of carbonyl (C=O) groups excluding carboxylic acids is 1. The number of fused-ring (bicyclic) bond motifs is 1. The summed E-state index contributed by atoms with van der Waals surface area (Å²) in [5, 5.41) is 2.77. The number of hydrogen-bond acceptors (Lipinski definition) is 5. The molecular formula is C21H18FN3O2S. The highest BCUT2D eigenvalue weighted by Gasteiger charge is 2.21. The quantitative estimate of drug-likeness (QED) is 0.485. The fourth-order valence-electron chi connectivity index (χ4n) is 2.97. The molecule has 0 aliphatic rings. The van der Waals surface area contributed by atoms with Gasteiger partial charge in [0.15, 0.2) is 11.5 Å². The van der Waals surface area contributed by atoms with E-state index in [0.29, 0.717) is 28.1 Å². The average Bonchev–Trinajstić information content (AvgIpc) is 3.37. The van der Waals surface area contributed by atoms with Crippen molar-refractivity contribution in [2.24, 2.45) is 0 Å². The van der Waals surface area contributed by atoms with E-state index in [4.69, 9.17) is 4.42 Å². The third-order valence-corrected chi connectivity index (χ3v) is 5.64. The van der Waals surface area contributed by atoms with Crippen LogP contribution in [-0.4, -0.2) is 27.8 Å². The lowest BCUT2D eigenvalue weighted by atomic mass is 10.1. The molecule has 28 heavy (non-hydrogen) atoms. The summed E-state index contributed by atoms with van der Waals surface area (Å²) in [4.78, 5) is 23.2. The summed E-state index contributed by atoms with van der Waals surface area (Å²) in [6, 6.07) is 11.6. The van der Waals surface area contributed by atoms with Crippen LogP contribution in [0.1, 0.15) is 39.8 Å². The Morgan fingerprint density at radius 2 is 2.11 bits per heavy atom. The van der Waals surface area contributed by atoms with Gasteiger partial charge in [-0.1, -0.05) is 18.2 Å². The third kappa shape index (κ3) is 3.53. The summed E-state index contributed by atoms with van der Waals surface area (Å²) >= 11 is 1.52. The molecule has 2 aromatic heterocycles. The number of thiazole rings is 1. The predicted octanol–water partition coefficient (Wildman–Crippen LogP) is 4.85. The molecule has 0 unspecified atom stereocenters.